The lowest BCUT2D eigenvalue weighted by Gasteiger charge is -2.27. The topological polar surface area (TPSA) is 44.4 Å². The molecule has 4 nitrogen and oxygen atoms in total. The predicted octanol–water partition coefficient (Wildman–Crippen LogP) is 3.10. The summed E-state index contributed by atoms with van der Waals surface area (Å²) in [7, 11) is 1.89. The largest absolute Gasteiger partial charge is 0.322 e. The Morgan fingerprint density at radius 2 is 2.04 bits per heavy atom. The number of fused-ring (bicyclic) bond motifs is 1. The van der Waals surface area contributed by atoms with E-state index in [1.54, 1.807) is 6.07 Å². The molecule has 1 aliphatic rings. The highest BCUT2D eigenvalue weighted by Gasteiger charge is 2.26. The van der Waals surface area contributed by atoms with Crippen molar-refractivity contribution in [3.8, 4) is 0 Å². The van der Waals surface area contributed by atoms with E-state index in [4.69, 9.17) is 0 Å². The minimum Gasteiger partial charge on any atom is -0.322 e. The van der Waals surface area contributed by atoms with E-state index < -0.39 is 6.04 Å². The summed E-state index contributed by atoms with van der Waals surface area (Å²) in [4.78, 5) is 14.9. The third-order valence-corrected chi connectivity index (χ3v) is 4.77. The molecule has 1 unspecified atom stereocenters. The van der Waals surface area contributed by atoms with Gasteiger partial charge in [-0.25, -0.2) is 4.39 Å². The fourth-order valence-electron chi connectivity index (χ4n) is 3.26. The normalized spacial score (nSPS) is 14.9. The lowest BCUT2D eigenvalue weighted by atomic mass is 9.99. The number of benzene rings is 2. The molecule has 132 valence electrons. The van der Waals surface area contributed by atoms with E-state index in [0.29, 0.717) is 25.1 Å². The second-order valence-corrected chi connectivity index (χ2v) is 6.37. The number of hydrogen-bond donors (Lipinski definition) is 2. The third-order valence-electron chi connectivity index (χ3n) is 4.77. The van der Waals surface area contributed by atoms with Gasteiger partial charge in [0.05, 0.1) is 5.69 Å². The van der Waals surface area contributed by atoms with Crippen molar-refractivity contribution in [1.82, 2.24) is 10.2 Å². The first kappa shape index (κ1) is 17.6. The summed E-state index contributed by atoms with van der Waals surface area (Å²) in [6.45, 7) is 4.14. The minimum absolute atomic E-state index is 0.219. The molecule has 0 saturated carbocycles. The Bertz CT molecular complexity index is 748. The molecule has 25 heavy (non-hydrogen) atoms. The summed E-state index contributed by atoms with van der Waals surface area (Å²) >= 11 is 0. The highest BCUT2D eigenvalue weighted by atomic mass is 19.1. The molecule has 1 amide bonds. The highest BCUT2D eigenvalue weighted by Crippen LogP contribution is 2.27. The number of nitrogens with one attached hydrogen (secondary N) is 2. The fraction of sp³-hybridized carbons (Fsp3) is 0.350. The van der Waals surface area contributed by atoms with Gasteiger partial charge in [-0.1, -0.05) is 43.3 Å². The van der Waals surface area contributed by atoms with Crippen LogP contribution in [0.4, 0.5) is 10.1 Å². The Kier molecular flexibility index (Phi) is 5.46. The molecule has 0 aromatic heterocycles. The van der Waals surface area contributed by atoms with Crippen LogP contribution in [0.25, 0.3) is 0 Å². The van der Waals surface area contributed by atoms with Gasteiger partial charge < -0.3 is 10.6 Å². The zero-order valence-corrected chi connectivity index (χ0v) is 14.7. The van der Waals surface area contributed by atoms with Gasteiger partial charge >= 0.3 is 0 Å². The molecule has 0 aliphatic carbocycles. The van der Waals surface area contributed by atoms with E-state index in [1.807, 2.05) is 55.3 Å². The molecule has 5 heteroatoms. The molecule has 2 aromatic rings. The Balaban J connectivity index is 1.87. The van der Waals surface area contributed by atoms with Crippen LogP contribution in [-0.4, -0.2) is 30.9 Å². The van der Waals surface area contributed by atoms with Crippen molar-refractivity contribution in [3.63, 3.8) is 0 Å². The van der Waals surface area contributed by atoms with E-state index in [1.165, 1.54) is 0 Å². The third kappa shape index (κ3) is 3.72. The van der Waals surface area contributed by atoms with Crippen LogP contribution in [0.3, 0.4) is 0 Å². The van der Waals surface area contributed by atoms with Crippen molar-refractivity contribution in [3.05, 3.63) is 65.0 Å². The molecule has 0 fully saturated rings. The molecule has 2 aromatic carbocycles. The van der Waals surface area contributed by atoms with Gasteiger partial charge in [-0.05, 0) is 49.3 Å². The number of carbonyl (C=O) groups is 1. The Morgan fingerprint density at radius 3 is 2.76 bits per heavy atom. The van der Waals surface area contributed by atoms with Crippen molar-refractivity contribution >= 4 is 11.6 Å². The van der Waals surface area contributed by atoms with Crippen LogP contribution in [-0.2, 0) is 17.8 Å². The zero-order valence-electron chi connectivity index (χ0n) is 14.7. The van der Waals surface area contributed by atoms with Crippen LogP contribution >= 0.6 is 0 Å². The van der Waals surface area contributed by atoms with Gasteiger partial charge in [-0.2, -0.15) is 0 Å². The number of nitrogens with zero attached hydrogens (tertiary/aromatic N) is 1. The smallest absolute Gasteiger partial charge is 0.246 e. The minimum atomic E-state index is -0.455. The number of hydrogen-bond acceptors (Lipinski definition) is 3. The van der Waals surface area contributed by atoms with Crippen molar-refractivity contribution in [2.24, 2.45) is 0 Å². The van der Waals surface area contributed by atoms with Crippen LogP contribution < -0.4 is 10.6 Å². The molecule has 1 heterocycles. The quantitative estimate of drug-likeness (QED) is 0.878. The maximum Gasteiger partial charge on any atom is 0.246 e. The number of anilines is 1. The number of halogens is 1. The van der Waals surface area contributed by atoms with Gasteiger partial charge in [-0.3, -0.25) is 9.69 Å². The van der Waals surface area contributed by atoms with Gasteiger partial charge in [0.25, 0.3) is 0 Å². The van der Waals surface area contributed by atoms with Crippen LogP contribution in [0.2, 0.25) is 0 Å². The number of likely N-dealkylation sites (N-methyl/N-ethyl adjacent to an activating group) is 1. The van der Waals surface area contributed by atoms with E-state index in [-0.39, 0.29) is 17.4 Å². The lowest BCUT2D eigenvalue weighted by Crippen LogP contribution is -2.35. The molecule has 1 atom stereocenters. The summed E-state index contributed by atoms with van der Waals surface area (Å²) in [6, 6.07) is 12.7. The first-order chi connectivity index (χ1) is 12.1. The van der Waals surface area contributed by atoms with E-state index in [0.717, 1.165) is 17.7 Å². The molecule has 0 radical (unpaired) electrons. The zero-order chi connectivity index (χ0) is 17.8. The molecule has 2 N–H and O–H groups in total. The first-order valence-corrected chi connectivity index (χ1v) is 8.68. The van der Waals surface area contributed by atoms with Crippen molar-refractivity contribution in [2.75, 3.05) is 25.5 Å². The number of carbonyl (C=O) groups excluding carboxylic acids is 1. The standard InChI is InChI=1S/C20H24FN3O/c1-3-24(2)19(14-7-5-4-6-8-14)20(25)23-17-10-9-15-13-22-12-11-16(15)18(17)21/h4-10,19,22H,3,11-13H2,1-2H3,(H,23,25). The number of rotatable bonds is 5. The summed E-state index contributed by atoms with van der Waals surface area (Å²) < 4.78 is 14.8. The van der Waals surface area contributed by atoms with Gasteiger partial charge in [0.1, 0.15) is 11.9 Å². The van der Waals surface area contributed by atoms with Crippen LogP contribution in [0, 0.1) is 5.82 Å². The SMILES string of the molecule is CCN(C)C(C(=O)Nc1ccc2c(c1F)CCNC2)c1ccccc1. The summed E-state index contributed by atoms with van der Waals surface area (Å²) in [5, 5.41) is 6.03. The first-order valence-electron chi connectivity index (χ1n) is 8.68. The summed E-state index contributed by atoms with van der Waals surface area (Å²) in [5.74, 6) is -0.526. The monoisotopic (exact) mass is 341 g/mol. The highest BCUT2D eigenvalue weighted by molar-refractivity contribution is 5.95. The van der Waals surface area contributed by atoms with Gasteiger partial charge in [-0.15, -0.1) is 0 Å². The second kappa shape index (κ2) is 7.76. The fourth-order valence-corrected chi connectivity index (χ4v) is 3.26. The van der Waals surface area contributed by atoms with E-state index >= 15 is 0 Å². The molecular formula is C20H24FN3O. The van der Waals surface area contributed by atoms with Crippen molar-refractivity contribution in [1.29, 1.82) is 0 Å². The molecule has 0 bridgehead atoms. The van der Waals surface area contributed by atoms with Crippen molar-refractivity contribution in [2.45, 2.75) is 25.9 Å². The average molecular weight is 341 g/mol. The van der Waals surface area contributed by atoms with Crippen LogP contribution in [0.15, 0.2) is 42.5 Å². The van der Waals surface area contributed by atoms with E-state index in [2.05, 4.69) is 10.6 Å². The van der Waals surface area contributed by atoms with Gasteiger partial charge in [0.2, 0.25) is 5.91 Å². The Labute approximate surface area is 148 Å². The molecular weight excluding hydrogens is 317 g/mol. The lowest BCUT2D eigenvalue weighted by molar-refractivity contribution is -0.121. The maximum atomic E-state index is 14.8. The Morgan fingerprint density at radius 1 is 1.28 bits per heavy atom. The maximum absolute atomic E-state index is 14.8. The van der Waals surface area contributed by atoms with Gasteiger partial charge in [0.15, 0.2) is 0 Å². The molecule has 1 aliphatic heterocycles. The summed E-state index contributed by atoms with van der Waals surface area (Å²) in [5.41, 5.74) is 2.83. The summed E-state index contributed by atoms with van der Waals surface area (Å²) in [6.07, 6.45) is 0.641. The Hall–Kier alpha value is -2.24. The average Bonchev–Trinajstić information content (AvgIpc) is 2.65. The van der Waals surface area contributed by atoms with Crippen LogP contribution in [0.1, 0.15) is 29.7 Å². The molecule has 0 saturated heterocycles. The predicted molar refractivity (Wildman–Crippen MR) is 97.9 cm³/mol. The van der Waals surface area contributed by atoms with Gasteiger partial charge in [0, 0.05) is 6.54 Å². The van der Waals surface area contributed by atoms with E-state index in [9.17, 15) is 9.18 Å². The molecule has 3 rings (SSSR count). The van der Waals surface area contributed by atoms with Crippen LogP contribution in [0.5, 0.6) is 0 Å². The second-order valence-electron chi connectivity index (χ2n) is 6.37. The molecule has 0 spiro atoms. The number of amides is 1. The van der Waals surface area contributed by atoms with Crippen molar-refractivity contribution < 1.29 is 9.18 Å².